The van der Waals surface area contributed by atoms with E-state index in [4.69, 9.17) is 21.4 Å². The number of halogens is 1. The molecule has 4 rings (SSSR count). The average Bonchev–Trinajstić information content (AvgIpc) is 2.49. The molecule has 0 spiro atoms. The number of allylic oxidation sites excluding steroid dienone is 1. The molecule has 0 aromatic rings. The quantitative estimate of drug-likeness (QED) is 0.413. The third-order valence-corrected chi connectivity index (χ3v) is 6.40. The van der Waals surface area contributed by atoms with Crippen molar-refractivity contribution in [1.29, 1.82) is 0 Å². The molecule has 26 heavy (non-hydrogen) atoms. The molecule has 146 valence electrons. The predicted octanol–water partition coefficient (Wildman–Crippen LogP) is 5.22. The highest BCUT2D eigenvalue weighted by atomic mass is 35.5. The first-order valence-electron chi connectivity index (χ1n) is 9.92. The molecule has 1 atom stereocenters. The summed E-state index contributed by atoms with van der Waals surface area (Å²) in [5.74, 6) is 8.30. The van der Waals surface area contributed by atoms with Crippen LogP contribution in [0.4, 0.5) is 0 Å². The maximum Gasteiger partial charge on any atom is 0.158 e. The van der Waals surface area contributed by atoms with Gasteiger partial charge in [0.25, 0.3) is 0 Å². The van der Waals surface area contributed by atoms with Gasteiger partial charge < -0.3 is 5.11 Å². The molecule has 0 heterocycles. The van der Waals surface area contributed by atoms with Gasteiger partial charge in [0, 0.05) is 10.4 Å². The second kappa shape index (κ2) is 7.13. The van der Waals surface area contributed by atoms with Gasteiger partial charge in [0.15, 0.2) is 5.60 Å². The van der Waals surface area contributed by atoms with E-state index < -0.39 is 17.3 Å². The summed E-state index contributed by atoms with van der Waals surface area (Å²) in [4.78, 5) is 10.8. The lowest BCUT2D eigenvalue weighted by atomic mass is 9.49. The molecular weight excluding hydrogens is 348 g/mol. The Hall–Kier alpha value is -0.530. The van der Waals surface area contributed by atoms with Gasteiger partial charge in [-0.05, 0) is 97.0 Å². The van der Waals surface area contributed by atoms with E-state index >= 15 is 0 Å². The van der Waals surface area contributed by atoms with E-state index in [0.717, 1.165) is 22.8 Å². The SMILES string of the molecule is CC(C)(C)OOC(C)(C)C#CC(O)C=C(Cl)C12CC3CC(CC(C3)C1)C2. The van der Waals surface area contributed by atoms with Gasteiger partial charge in [0.05, 0.1) is 5.60 Å². The molecule has 1 N–H and O–H groups in total. The van der Waals surface area contributed by atoms with Crippen molar-refractivity contribution >= 4 is 11.6 Å². The van der Waals surface area contributed by atoms with Crippen LogP contribution in [0.3, 0.4) is 0 Å². The van der Waals surface area contributed by atoms with Gasteiger partial charge in [-0.1, -0.05) is 23.4 Å². The second-order valence-electron chi connectivity index (χ2n) is 10.2. The monoisotopic (exact) mass is 380 g/mol. The molecule has 0 aliphatic heterocycles. The fraction of sp³-hybridized carbons (Fsp3) is 0.818. The van der Waals surface area contributed by atoms with E-state index in [1.165, 1.54) is 38.5 Å². The van der Waals surface area contributed by atoms with Crippen molar-refractivity contribution in [2.75, 3.05) is 0 Å². The summed E-state index contributed by atoms with van der Waals surface area (Å²) in [6, 6.07) is 0. The molecule has 0 aromatic heterocycles. The number of hydrogen-bond donors (Lipinski definition) is 1. The van der Waals surface area contributed by atoms with Crippen molar-refractivity contribution in [2.24, 2.45) is 23.2 Å². The molecule has 4 aliphatic rings. The minimum absolute atomic E-state index is 0.0975. The van der Waals surface area contributed by atoms with Gasteiger partial charge in [0.1, 0.15) is 6.10 Å². The van der Waals surface area contributed by atoms with Crippen LogP contribution in [0, 0.1) is 35.0 Å². The van der Waals surface area contributed by atoms with Gasteiger partial charge in [-0.25, -0.2) is 9.78 Å². The fourth-order valence-electron chi connectivity index (χ4n) is 5.26. The Morgan fingerprint density at radius 1 is 1.04 bits per heavy atom. The summed E-state index contributed by atoms with van der Waals surface area (Å²) in [5.41, 5.74) is -1.10. The van der Waals surface area contributed by atoms with Crippen LogP contribution in [0.15, 0.2) is 11.1 Å². The van der Waals surface area contributed by atoms with Crippen LogP contribution in [0.5, 0.6) is 0 Å². The summed E-state index contributed by atoms with van der Waals surface area (Å²) in [6.45, 7) is 9.39. The largest absolute Gasteiger partial charge is 0.377 e. The summed E-state index contributed by atoms with van der Waals surface area (Å²) < 4.78 is 0. The Morgan fingerprint density at radius 2 is 1.54 bits per heavy atom. The highest BCUT2D eigenvalue weighted by molar-refractivity contribution is 6.30. The van der Waals surface area contributed by atoms with Crippen LogP contribution in [-0.4, -0.2) is 22.4 Å². The van der Waals surface area contributed by atoms with E-state index in [1.807, 2.05) is 34.6 Å². The standard InChI is InChI=1S/C22H33ClO3/c1-20(2,3)25-26-21(4,5)7-6-18(24)11-19(23)22-12-15-8-16(13-22)10-17(9-15)14-22/h11,15-18,24H,8-10,12-14H2,1-5H3. The van der Waals surface area contributed by atoms with Crippen molar-refractivity contribution in [1.82, 2.24) is 0 Å². The second-order valence-corrected chi connectivity index (χ2v) is 10.6. The number of aliphatic hydroxyl groups excluding tert-OH is 1. The van der Waals surface area contributed by atoms with E-state index in [0.29, 0.717) is 0 Å². The lowest BCUT2D eigenvalue weighted by Crippen LogP contribution is -2.46. The van der Waals surface area contributed by atoms with E-state index in [1.54, 1.807) is 6.08 Å². The van der Waals surface area contributed by atoms with Gasteiger partial charge in [-0.2, -0.15) is 0 Å². The summed E-state index contributed by atoms with van der Waals surface area (Å²) in [5, 5.41) is 11.2. The molecule has 4 bridgehead atoms. The Labute approximate surface area is 163 Å². The number of rotatable bonds is 4. The van der Waals surface area contributed by atoms with Crippen LogP contribution >= 0.6 is 11.6 Å². The lowest BCUT2D eigenvalue weighted by molar-refractivity contribution is -0.384. The van der Waals surface area contributed by atoms with Gasteiger partial charge >= 0.3 is 0 Å². The minimum atomic E-state index is -0.881. The van der Waals surface area contributed by atoms with Crippen molar-refractivity contribution in [3.05, 3.63) is 11.1 Å². The first-order chi connectivity index (χ1) is 12.0. The lowest BCUT2D eigenvalue weighted by Gasteiger charge is -2.56. The number of aliphatic hydroxyl groups is 1. The van der Waals surface area contributed by atoms with Crippen LogP contribution in [0.1, 0.15) is 73.1 Å². The molecular formula is C22H33ClO3. The van der Waals surface area contributed by atoms with Crippen molar-refractivity contribution in [3.63, 3.8) is 0 Å². The molecule has 4 heteroatoms. The summed E-state index contributed by atoms with van der Waals surface area (Å²) in [7, 11) is 0. The van der Waals surface area contributed by atoms with Crippen LogP contribution in [0.25, 0.3) is 0 Å². The van der Waals surface area contributed by atoms with Crippen molar-refractivity contribution < 1.29 is 14.9 Å². The van der Waals surface area contributed by atoms with Crippen molar-refractivity contribution in [3.8, 4) is 11.8 Å². The minimum Gasteiger partial charge on any atom is -0.377 e. The first-order valence-corrected chi connectivity index (χ1v) is 10.3. The topological polar surface area (TPSA) is 38.7 Å². The highest BCUT2D eigenvalue weighted by Gasteiger charge is 2.52. The molecule has 3 nitrogen and oxygen atoms in total. The Morgan fingerprint density at radius 3 is 2.00 bits per heavy atom. The van der Waals surface area contributed by atoms with Gasteiger partial charge in [-0.15, -0.1) is 0 Å². The molecule has 4 fully saturated rings. The zero-order chi connectivity index (χ0) is 19.2. The average molecular weight is 381 g/mol. The molecule has 4 aliphatic carbocycles. The molecule has 4 saturated carbocycles. The summed E-state index contributed by atoms with van der Waals surface area (Å²) >= 11 is 6.74. The van der Waals surface area contributed by atoms with Gasteiger partial charge in [-0.3, -0.25) is 0 Å². The molecule has 0 aromatic carbocycles. The molecule has 1 unspecified atom stereocenters. The van der Waals surface area contributed by atoms with Crippen LogP contribution in [-0.2, 0) is 9.78 Å². The zero-order valence-corrected chi connectivity index (χ0v) is 17.5. The highest BCUT2D eigenvalue weighted by Crippen LogP contribution is 2.63. The molecule has 0 saturated heterocycles. The van der Waals surface area contributed by atoms with Crippen LogP contribution < -0.4 is 0 Å². The smallest absolute Gasteiger partial charge is 0.158 e. The third kappa shape index (κ3) is 4.84. The zero-order valence-electron chi connectivity index (χ0n) is 16.8. The summed E-state index contributed by atoms with van der Waals surface area (Å²) in [6.07, 6.45) is 8.56. The van der Waals surface area contributed by atoms with E-state index in [-0.39, 0.29) is 5.41 Å². The Balaban J connectivity index is 1.65. The normalized spacial score (nSPS) is 35.2. The number of hydrogen-bond acceptors (Lipinski definition) is 3. The van der Waals surface area contributed by atoms with Gasteiger partial charge in [0.2, 0.25) is 0 Å². The van der Waals surface area contributed by atoms with E-state index in [9.17, 15) is 5.11 Å². The Bertz CT molecular complexity index is 582. The maximum absolute atomic E-state index is 10.4. The fourth-order valence-corrected chi connectivity index (χ4v) is 5.61. The van der Waals surface area contributed by atoms with E-state index in [2.05, 4.69) is 11.8 Å². The molecule has 0 amide bonds. The molecule has 0 radical (unpaired) electrons. The van der Waals surface area contributed by atoms with Crippen LogP contribution in [0.2, 0.25) is 0 Å². The van der Waals surface area contributed by atoms with Crippen molar-refractivity contribution in [2.45, 2.75) is 90.4 Å². The Kier molecular flexibility index (Phi) is 5.54. The maximum atomic E-state index is 10.4. The first kappa shape index (κ1) is 20.2. The third-order valence-electron chi connectivity index (χ3n) is 5.87. The predicted molar refractivity (Wildman–Crippen MR) is 104 cm³/mol.